The van der Waals surface area contributed by atoms with Crippen molar-refractivity contribution in [2.45, 2.75) is 50.2 Å². The molecule has 0 aromatic heterocycles. The number of nitrogens with one attached hydrogen (secondary N) is 1. The van der Waals surface area contributed by atoms with Gasteiger partial charge in [0.05, 0.1) is 12.0 Å². The van der Waals surface area contributed by atoms with Crippen LogP contribution < -0.4 is 5.32 Å². The molecule has 0 bridgehead atoms. The predicted molar refractivity (Wildman–Crippen MR) is 60.5 cm³/mol. The van der Waals surface area contributed by atoms with Gasteiger partial charge in [-0.05, 0) is 38.0 Å². The first-order valence-corrected chi connectivity index (χ1v) is 6.14. The van der Waals surface area contributed by atoms with E-state index in [-0.39, 0.29) is 23.8 Å². The lowest BCUT2D eigenvalue weighted by Gasteiger charge is -2.40. The average Bonchev–Trinajstić information content (AvgIpc) is 3.03. The minimum Gasteiger partial charge on any atom is -0.480 e. The number of carbonyl (C=O) groups is 2. The van der Waals surface area contributed by atoms with Gasteiger partial charge in [-0.2, -0.15) is 0 Å². The van der Waals surface area contributed by atoms with Crippen LogP contribution in [0.1, 0.15) is 38.5 Å². The number of ether oxygens (including phenoxy) is 1. The Hall–Kier alpha value is -1.10. The van der Waals surface area contributed by atoms with Crippen LogP contribution >= 0.6 is 0 Å². The molecular formula is C12H19NO4. The molecular weight excluding hydrogens is 222 g/mol. The second-order valence-corrected chi connectivity index (χ2v) is 5.14. The minimum absolute atomic E-state index is 0.122. The van der Waals surface area contributed by atoms with Crippen molar-refractivity contribution < 1.29 is 19.4 Å². The number of methoxy groups -OCH3 is 1. The van der Waals surface area contributed by atoms with Crippen molar-refractivity contribution >= 4 is 11.9 Å². The molecule has 2 aliphatic carbocycles. The highest BCUT2D eigenvalue weighted by Crippen LogP contribution is 2.38. The highest BCUT2D eigenvalue weighted by atomic mass is 16.5. The van der Waals surface area contributed by atoms with Gasteiger partial charge in [-0.15, -0.1) is 0 Å². The van der Waals surface area contributed by atoms with Crippen molar-refractivity contribution in [2.75, 3.05) is 7.11 Å². The molecule has 2 fully saturated rings. The molecule has 0 aromatic carbocycles. The highest BCUT2D eigenvalue weighted by molar-refractivity contribution is 5.84. The van der Waals surface area contributed by atoms with E-state index in [0.717, 1.165) is 32.1 Å². The standard InChI is InChI=1S/C12H19NO4/c1-17-12(5-2-6-12)7-9(14)13-10(11(15)16)8-3-4-8/h8,10H,2-7H2,1H3,(H,13,14)(H,15,16). The monoisotopic (exact) mass is 241 g/mol. The highest BCUT2D eigenvalue weighted by Gasteiger charge is 2.42. The molecule has 5 nitrogen and oxygen atoms in total. The van der Waals surface area contributed by atoms with Crippen LogP contribution in [-0.4, -0.2) is 35.7 Å². The van der Waals surface area contributed by atoms with Gasteiger partial charge in [0.1, 0.15) is 6.04 Å². The second kappa shape index (κ2) is 4.64. The molecule has 0 aromatic rings. The largest absolute Gasteiger partial charge is 0.480 e. The summed E-state index contributed by atoms with van der Waals surface area (Å²) in [6.45, 7) is 0. The van der Waals surface area contributed by atoms with Gasteiger partial charge in [-0.1, -0.05) is 0 Å². The average molecular weight is 241 g/mol. The zero-order valence-electron chi connectivity index (χ0n) is 10.1. The Morgan fingerprint density at radius 1 is 1.47 bits per heavy atom. The van der Waals surface area contributed by atoms with Crippen LogP contribution in [0.15, 0.2) is 0 Å². The zero-order chi connectivity index (χ0) is 12.5. The van der Waals surface area contributed by atoms with Gasteiger partial charge in [0.2, 0.25) is 5.91 Å². The summed E-state index contributed by atoms with van der Waals surface area (Å²) in [6, 6.07) is -0.712. The molecule has 0 aliphatic heterocycles. The number of carboxylic acids is 1. The Bertz CT molecular complexity index is 315. The van der Waals surface area contributed by atoms with Crippen molar-refractivity contribution in [1.29, 1.82) is 0 Å². The van der Waals surface area contributed by atoms with Crippen LogP contribution in [-0.2, 0) is 14.3 Å². The Labute approximate surface area is 101 Å². The van der Waals surface area contributed by atoms with Crippen LogP contribution in [0, 0.1) is 5.92 Å². The fourth-order valence-corrected chi connectivity index (χ4v) is 2.35. The summed E-state index contributed by atoms with van der Waals surface area (Å²) < 4.78 is 5.35. The third kappa shape index (κ3) is 2.77. The summed E-state index contributed by atoms with van der Waals surface area (Å²) in [5.41, 5.74) is -0.337. The molecule has 17 heavy (non-hydrogen) atoms. The molecule has 96 valence electrons. The SMILES string of the molecule is COC1(CC(=O)NC(C(=O)O)C2CC2)CCC1. The van der Waals surface area contributed by atoms with Crippen LogP contribution in [0.4, 0.5) is 0 Å². The summed E-state index contributed by atoms with van der Waals surface area (Å²) in [5.74, 6) is -1.01. The van der Waals surface area contributed by atoms with E-state index >= 15 is 0 Å². The fraction of sp³-hybridized carbons (Fsp3) is 0.833. The Kier molecular flexibility index (Phi) is 3.38. The van der Waals surface area contributed by atoms with Crippen molar-refractivity contribution in [3.8, 4) is 0 Å². The van der Waals surface area contributed by atoms with E-state index in [1.807, 2.05) is 0 Å². The van der Waals surface area contributed by atoms with Crippen molar-refractivity contribution in [3.63, 3.8) is 0 Å². The quantitative estimate of drug-likeness (QED) is 0.725. The van der Waals surface area contributed by atoms with E-state index in [2.05, 4.69) is 5.32 Å². The molecule has 0 saturated heterocycles. The van der Waals surface area contributed by atoms with E-state index in [4.69, 9.17) is 9.84 Å². The van der Waals surface area contributed by atoms with Gasteiger partial charge >= 0.3 is 5.97 Å². The Balaban J connectivity index is 1.85. The number of carbonyl (C=O) groups excluding carboxylic acids is 1. The van der Waals surface area contributed by atoms with Crippen LogP contribution in [0.25, 0.3) is 0 Å². The molecule has 1 amide bonds. The molecule has 5 heteroatoms. The number of carboxylic acid groups (broad SMARTS) is 1. The third-order valence-corrected chi connectivity index (χ3v) is 3.86. The summed E-state index contributed by atoms with van der Waals surface area (Å²) in [7, 11) is 1.61. The molecule has 1 unspecified atom stereocenters. The summed E-state index contributed by atoms with van der Waals surface area (Å²) in [5, 5.41) is 11.6. The van der Waals surface area contributed by atoms with Crippen LogP contribution in [0.2, 0.25) is 0 Å². The maximum absolute atomic E-state index is 11.8. The first-order valence-electron chi connectivity index (χ1n) is 6.14. The first-order chi connectivity index (χ1) is 8.06. The third-order valence-electron chi connectivity index (χ3n) is 3.86. The second-order valence-electron chi connectivity index (χ2n) is 5.14. The van der Waals surface area contributed by atoms with Crippen LogP contribution in [0.3, 0.4) is 0 Å². The number of hydrogen-bond donors (Lipinski definition) is 2. The summed E-state index contributed by atoms with van der Waals surface area (Å²) in [6.07, 6.45) is 4.92. The van der Waals surface area contributed by atoms with E-state index < -0.39 is 12.0 Å². The van der Waals surface area contributed by atoms with Gasteiger partial charge in [-0.3, -0.25) is 4.79 Å². The lowest BCUT2D eigenvalue weighted by molar-refractivity contribution is -0.145. The number of amides is 1. The summed E-state index contributed by atoms with van der Waals surface area (Å²) in [4.78, 5) is 22.8. The fourth-order valence-electron chi connectivity index (χ4n) is 2.35. The van der Waals surface area contributed by atoms with Gasteiger partial charge in [0.25, 0.3) is 0 Å². The van der Waals surface area contributed by atoms with Crippen LogP contribution in [0.5, 0.6) is 0 Å². The van der Waals surface area contributed by atoms with Gasteiger partial charge in [-0.25, -0.2) is 4.79 Å². The van der Waals surface area contributed by atoms with Gasteiger partial charge in [0.15, 0.2) is 0 Å². The Morgan fingerprint density at radius 3 is 2.47 bits per heavy atom. The molecule has 2 rings (SSSR count). The molecule has 0 spiro atoms. The number of aliphatic carboxylic acids is 1. The molecule has 2 saturated carbocycles. The number of hydrogen-bond acceptors (Lipinski definition) is 3. The molecule has 1 atom stereocenters. The maximum atomic E-state index is 11.8. The van der Waals surface area contributed by atoms with E-state index in [0.29, 0.717) is 0 Å². The minimum atomic E-state index is -0.930. The molecule has 0 radical (unpaired) electrons. The van der Waals surface area contributed by atoms with Crippen molar-refractivity contribution in [2.24, 2.45) is 5.92 Å². The lowest BCUT2D eigenvalue weighted by Crippen LogP contribution is -2.48. The lowest BCUT2D eigenvalue weighted by atomic mass is 9.77. The van der Waals surface area contributed by atoms with E-state index in [1.165, 1.54) is 0 Å². The zero-order valence-corrected chi connectivity index (χ0v) is 10.1. The maximum Gasteiger partial charge on any atom is 0.326 e. The first kappa shape index (κ1) is 12.4. The molecule has 2 aliphatic rings. The van der Waals surface area contributed by atoms with E-state index in [9.17, 15) is 9.59 Å². The predicted octanol–water partition coefficient (Wildman–Crippen LogP) is 0.925. The van der Waals surface area contributed by atoms with Gasteiger partial charge < -0.3 is 15.2 Å². The van der Waals surface area contributed by atoms with E-state index in [1.54, 1.807) is 7.11 Å². The number of rotatable bonds is 6. The Morgan fingerprint density at radius 2 is 2.12 bits per heavy atom. The van der Waals surface area contributed by atoms with Gasteiger partial charge in [0, 0.05) is 7.11 Å². The summed E-state index contributed by atoms with van der Waals surface area (Å²) >= 11 is 0. The molecule has 0 heterocycles. The van der Waals surface area contributed by atoms with Crippen molar-refractivity contribution in [3.05, 3.63) is 0 Å². The van der Waals surface area contributed by atoms with Crippen molar-refractivity contribution in [1.82, 2.24) is 5.32 Å². The smallest absolute Gasteiger partial charge is 0.326 e. The molecule has 2 N–H and O–H groups in total. The topological polar surface area (TPSA) is 75.6 Å². The normalized spacial score (nSPS) is 23.6.